The van der Waals surface area contributed by atoms with E-state index in [0.717, 1.165) is 37.6 Å². The number of anilines is 1. The van der Waals surface area contributed by atoms with Crippen LogP contribution in [0.5, 0.6) is 11.5 Å². The average Bonchev–Trinajstić information content (AvgIpc) is 3.23. The van der Waals surface area contributed by atoms with Gasteiger partial charge in [-0.15, -0.1) is 0 Å². The van der Waals surface area contributed by atoms with Crippen LogP contribution in [0.15, 0.2) is 46.9 Å². The van der Waals surface area contributed by atoms with Crippen molar-refractivity contribution in [2.75, 3.05) is 25.6 Å². The molecule has 1 saturated heterocycles. The van der Waals surface area contributed by atoms with Crippen molar-refractivity contribution in [3.63, 3.8) is 0 Å². The molecule has 0 spiro atoms. The van der Waals surface area contributed by atoms with E-state index in [1.807, 2.05) is 17.0 Å². The molecule has 2 aliphatic heterocycles. The first-order valence-corrected chi connectivity index (χ1v) is 10.6. The fourth-order valence-electron chi connectivity index (χ4n) is 4.43. The van der Waals surface area contributed by atoms with Crippen molar-refractivity contribution in [3.05, 3.63) is 53.8 Å². The highest BCUT2D eigenvalue weighted by atomic mass is 16.5. The van der Waals surface area contributed by atoms with Gasteiger partial charge in [-0.3, -0.25) is 9.59 Å². The maximum absolute atomic E-state index is 13.2. The van der Waals surface area contributed by atoms with Gasteiger partial charge in [-0.25, -0.2) is 0 Å². The van der Waals surface area contributed by atoms with Crippen molar-refractivity contribution in [2.24, 2.45) is 0 Å². The van der Waals surface area contributed by atoms with E-state index in [-0.39, 0.29) is 17.7 Å². The lowest BCUT2D eigenvalue weighted by Crippen LogP contribution is -2.45. The van der Waals surface area contributed by atoms with E-state index >= 15 is 0 Å². The molecular formula is C24H24N2O5. The lowest BCUT2D eigenvalue weighted by Gasteiger charge is -2.37. The third-order valence-corrected chi connectivity index (χ3v) is 6.02. The zero-order valence-electron chi connectivity index (χ0n) is 17.3. The summed E-state index contributed by atoms with van der Waals surface area (Å²) in [6.45, 7) is 1.34. The second-order valence-corrected chi connectivity index (χ2v) is 7.94. The summed E-state index contributed by atoms with van der Waals surface area (Å²) in [6, 6.07) is 12.5. The summed E-state index contributed by atoms with van der Waals surface area (Å²) in [5, 5.41) is 3.62. The lowest BCUT2D eigenvalue weighted by atomic mass is 9.97. The molecule has 2 aliphatic rings. The van der Waals surface area contributed by atoms with Gasteiger partial charge in [-0.2, -0.15) is 0 Å². The number of fused-ring (bicyclic) bond motifs is 3. The molecule has 1 fully saturated rings. The van der Waals surface area contributed by atoms with Gasteiger partial charge in [-0.05, 0) is 49.6 Å². The largest absolute Gasteiger partial charge is 0.493 e. The maximum Gasteiger partial charge on any atom is 0.291 e. The molecule has 0 saturated carbocycles. The second kappa shape index (κ2) is 7.98. The Hall–Kier alpha value is -3.48. The number of nitrogens with zero attached hydrogens (tertiary/aromatic N) is 1. The Balaban J connectivity index is 1.42. The van der Waals surface area contributed by atoms with Crippen LogP contribution in [0, 0.1) is 0 Å². The molecule has 1 N–H and O–H groups in total. The fourth-order valence-corrected chi connectivity index (χ4v) is 4.43. The van der Waals surface area contributed by atoms with E-state index in [4.69, 9.17) is 13.9 Å². The van der Waals surface area contributed by atoms with Crippen molar-refractivity contribution in [3.8, 4) is 11.5 Å². The molecule has 2 aromatic carbocycles. The number of piperidine rings is 1. The van der Waals surface area contributed by atoms with Crippen LogP contribution in [0.25, 0.3) is 11.0 Å². The van der Waals surface area contributed by atoms with Gasteiger partial charge in [0.1, 0.15) is 5.75 Å². The molecule has 2 amide bonds. The van der Waals surface area contributed by atoms with Gasteiger partial charge in [0.2, 0.25) is 0 Å². The van der Waals surface area contributed by atoms with E-state index in [2.05, 4.69) is 5.32 Å². The summed E-state index contributed by atoms with van der Waals surface area (Å²) in [5.74, 6) is 0.860. The van der Waals surface area contributed by atoms with Gasteiger partial charge in [-0.1, -0.05) is 12.1 Å². The van der Waals surface area contributed by atoms with Gasteiger partial charge in [0.25, 0.3) is 11.8 Å². The summed E-state index contributed by atoms with van der Waals surface area (Å²) in [4.78, 5) is 28.0. The van der Waals surface area contributed by atoms with E-state index in [0.29, 0.717) is 34.9 Å². The molecule has 7 nitrogen and oxygen atoms in total. The number of benzene rings is 2. The Labute approximate surface area is 179 Å². The molecule has 7 heteroatoms. The molecule has 5 rings (SSSR count). The van der Waals surface area contributed by atoms with Crippen molar-refractivity contribution in [2.45, 2.75) is 31.7 Å². The average molecular weight is 420 g/mol. The molecule has 3 heterocycles. The Morgan fingerprint density at radius 1 is 1.16 bits per heavy atom. The quantitative estimate of drug-likeness (QED) is 0.676. The summed E-state index contributed by atoms with van der Waals surface area (Å²) in [5.41, 5.74) is 1.52. The SMILES string of the molecule is COc1cccc2cc(C(=O)Nc3ccc4c(c3)C(=O)N3CCCCC3CCO4)oc12. The number of hydrogen-bond acceptors (Lipinski definition) is 5. The highest BCUT2D eigenvalue weighted by Gasteiger charge is 2.31. The Morgan fingerprint density at radius 2 is 2.06 bits per heavy atom. The first kappa shape index (κ1) is 19.5. The van der Waals surface area contributed by atoms with Crippen LogP contribution in [0.3, 0.4) is 0 Å². The highest BCUT2D eigenvalue weighted by molar-refractivity contribution is 6.06. The van der Waals surface area contributed by atoms with Gasteiger partial charge in [0.15, 0.2) is 17.1 Å². The minimum atomic E-state index is -0.395. The minimum absolute atomic E-state index is 0.0380. The topological polar surface area (TPSA) is 81.0 Å². The van der Waals surface area contributed by atoms with Gasteiger partial charge in [0, 0.05) is 30.1 Å². The monoisotopic (exact) mass is 420 g/mol. The van der Waals surface area contributed by atoms with Crippen LogP contribution in [-0.2, 0) is 0 Å². The Bertz CT molecular complexity index is 1150. The number of amides is 2. The predicted octanol–water partition coefficient (Wildman–Crippen LogP) is 4.47. The Kier molecular flexibility index (Phi) is 5.02. The molecule has 1 unspecified atom stereocenters. The summed E-state index contributed by atoms with van der Waals surface area (Å²) in [6.07, 6.45) is 4.01. The zero-order chi connectivity index (χ0) is 21.4. The maximum atomic E-state index is 13.2. The number of nitrogens with one attached hydrogen (secondary N) is 1. The van der Waals surface area contributed by atoms with Gasteiger partial charge in [0.05, 0.1) is 19.3 Å². The zero-order valence-corrected chi connectivity index (χ0v) is 17.3. The molecule has 0 bridgehead atoms. The van der Waals surface area contributed by atoms with Gasteiger partial charge < -0.3 is 24.1 Å². The minimum Gasteiger partial charge on any atom is -0.493 e. The fraction of sp³-hybridized carbons (Fsp3) is 0.333. The number of rotatable bonds is 3. The summed E-state index contributed by atoms with van der Waals surface area (Å²) < 4.78 is 16.9. The second-order valence-electron chi connectivity index (χ2n) is 7.94. The highest BCUT2D eigenvalue weighted by Crippen LogP contribution is 2.32. The smallest absolute Gasteiger partial charge is 0.291 e. The molecule has 3 aromatic rings. The Morgan fingerprint density at radius 3 is 2.94 bits per heavy atom. The molecule has 0 aliphatic carbocycles. The molecule has 1 aromatic heterocycles. The van der Waals surface area contributed by atoms with E-state index in [1.54, 1.807) is 37.4 Å². The lowest BCUT2D eigenvalue weighted by molar-refractivity contribution is 0.0548. The van der Waals surface area contributed by atoms with Crippen LogP contribution in [-0.4, -0.2) is 43.0 Å². The molecular weight excluding hydrogens is 396 g/mol. The third kappa shape index (κ3) is 3.60. The van der Waals surface area contributed by atoms with Crippen LogP contribution in [0.2, 0.25) is 0 Å². The van der Waals surface area contributed by atoms with Gasteiger partial charge >= 0.3 is 0 Å². The van der Waals surface area contributed by atoms with E-state index < -0.39 is 5.91 Å². The first-order chi connectivity index (χ1) is 15.1. The van der Waals surface area contributed by atoms with E-state index in [9.17, 15) is 9.59 Å². The van der Waals surface area contributed by atoms with Crippen LogP contribution < -0.4 is 14.8 Å². The normalized spacial score (nSPS) is 18.4. The van der Waals surface area contributed by atoms with Crippen molar-refractivity contribution in [1.29, 1.82) is 0 Å². The van der Waals surface area contributed by atoms with Crippen LogP contribution in [0.1, 0.15) is 46.6 Å². The number of hydrogen-bond donors (Lipinski definition) is 1. The van der Waals surface area contributed by atoms with Crippen molar-refractivity contribution < 1.29 is 23.5 Å². The molecule has 1 atom stereocenters. The van der Waals surface area contributed by atoms with Crippen molar-refractivity contribution >= 4 is 28.5 Å². The third-order valence-electron chi connectivity index (χ3n) is 6.02. The standard InChI is InChI=1S/C24H24N2O5/c1-29-20-7-4-5-15-13-21(31-22(15)20)23(27)25-16-8-9-19-18(14-16)24(28)26-11-3-2-6-17(26)10-12-30-19/h4-5,7-9,13-14,17H,2-3,6,10-12H2,1H3,(H,25,27). The number of ether oxygens (including phenoxy) is 2. The molecule has 0 radical (unpaired) electrons. The first-order valence-electron chi connectivity index (χ1n) is 10.6. The predicted molar refractivity (Wildman–Crippen MR) is 116 cm³/mol. The number of carbonyl (C=O) groups excluding carboxylic acids is 2. The number of carbonyl (C=O) groups is 2. The summed E-state index contributed by atoms with van der Waals surface area (Å²) >= 11 is 0. The van der Waals surface area contributed by atoms with E-state index in [1.165, 1.54) is 0 Å². The number of methoxy groups -OCH3 is 1. The number of furan rings is 1. The van der Waals surface area contributed by atoms with Crippen molar-refractivity contribution in [1.82, 2.24) is 4.90 Å². The summed E-state index contributed by atoms with van der Waals surface area (Å²) in [7, 11) is 1.56. The number of para-hydroxylation sites is 1. The van der Waals surface area contributed by atoms with Crippen LogP contribution in [0.4, 0.5) is 5.69 Å². The molecule has 31 heavy (non-hydrogen) atoms. The van der Waals surface area contributed by atoms with Crippen LogP contribution >= 0.6 is 0 Å². The molecule has 160 valence electrons.